The highest BCUT2D eigenvalue weighted by Crippen LogP contribution is 2.25. The third-order valence-electron chi connectivity index (χ3n) is 4.06. The average Bonchev–Trinajstić information content (AvgIpc) is 3.45. The SMILES string of the molecule is O=S(=O)(c1ccc(N=Cc2cccs2)cc1)c1ccc(N=Cc2cccs2)cc1. The Bertz CT molecular complexity index is 1130. The number of thiophene rings is 2. The molecular formula is C22H16N2O2S3. The Balaban J connectivity index is 1.50. The van der Waals surface area contributed by atoms with E-state index >= 15 is 0 Å². The summed E-state index contributed by atoms with van der Waals surface area (Å²) in [6, 6.07) is 21.0. The van der Waals surface area contributed by atoms with Crippen LogP contribution in [0.2, 0.25) is 0 Å². The molecule has 0 bridgehead atoms. The molecule has 0 radical (unpaired) electrons. The molecule has 0 spiro atoms. The molecule has 2 heterocycles. The summed E-state index contributed by atoms with van der Waals surface area (Å²) >= 11 is 3.19. The minimum atomic E-state index is -3.59. The molecule has 0 aliphatic carbocycles. The standard InChI is InChI=1S/C22H16N2O2S3/c25-29(26,21-9-5-17(6-10-21)23-15-19-3-1-13-27-19)22-11-7-18(8-12-22)24-16-20-4-2-14-28-20/h1-16H. The lowest BCUT2D eigenvalue weighted by Crippen LogP contribution is -2.01. The van der Waals surface area contributed by atoms with Gasteiger partial charge in [-0.25, -0.2) is 8.42 Å². The van der Waals surface area contributed by atoms with E-state index in [1.807, 2.05) is 35.0 Å². The highest BCUT2D eigenvalue weighted by Gasteiger charge is 2.17. The Morgan fingerprint density at radius 1 is 0.621 bits per heavy atom. The van der Waals surface area contributed by atoms with Crippen LogP contribution >= 0.6 is 22.7 Å². The second-order valence-corrected chi connectivity index (χ2v) is 9.95. The molecule has 0 aliphatic rings. The van der Waals surface area contributed by atoms with E-state index in [0.717, 1.165) is 9.75 Å². The Kier molecular flexibility index (Phi) is 5.80. The number of hydrogen-bond acceptors (Lipinski definition) is 6. The molecule has 2 aromatic heterocycles. The first kappa shape index (κ1) is 19.4. The monoisotopic (exact) mass is 436 g/mol. The summed E-state index contributed by atoms with van der Waals surface area (Å²) in [6.07, 6.45) is 3.53. The Morgan fingerprint density at radius 3 is 1.38 bits per heavy atom. The van der Waals surface area contributed by atoms with Gasteiger partial charge in [-0.2, -0.15) is 0 Å². The fourth-order valence-corrected chi connectivity index (χ4v) is 5.00. The van der Waals surface area contributed by atoms with Gasteiger partial charge >= 0.3 is 0 Å². The quantitative estimate of drug-likeness (QED) is 0.341. The molecule has 7 heteroatoms. The first-order chi connectivity index (χ1) is 14.1. The van der Waals surface area contributed by atoms with Crippen molar-refractivity contribution in [3.05, 3.63) is 93.3 Å². The first-order valence-electron chi connectivity index (χ1n) is 8.72. The maximum absolute atomic E-state index is 12.9. The minimum absolute atomic E-state index is 0.238. The lowest BCUT2D eigenvalue weighted by Gasteiger charge is -2.05. The molecule has 2 aromatic carbocycles. The highest BCUT2D eigenvalue weighted by atomic mass is 32.2. The highest BCUT2D eigenvalue weighted by molar-refractivity contribution is 7.91. The maximum Gasteiger partial charge on any atom is 0.206 e. The number of hydrogen-bond donors (Lipinski definition) is 0. The van der Waals surface area contributed by atoms with Gasteiger partial charge in [-0.05, 0) is 71.4 Å². The first-order valence-corrected chi connectivity index (χ1v) is 12.0. The van der Waals surface area contributed by atoms with Crippen LogP contribution in [-0.2, 0) is 9.84 Å². The fraction of sp³-hybridized carbons (Fsp3) is 0. The molecule has 29 heavy (non-hydrogen) atoms. The van der Waals surface area contributed by atoms with E-state index in [-0.39, 0.29) is 9.79 Å². The summed E-state index contributed by atoms with van der Waals surface area (Å²) < 4.78 is 25.7. The zero-order valence-electron chi connectivity index (χ0n) is 15.2. The van der Waals surface area contributed by atoms with Crippen molar-refractivity contribution in [3.8, 4) is 0 Å². The van der Waals surface area contributed by atoms with Crippen molar-refractivity contribution in [2.24, 2.45) is 9.98 Å². The molecule has 0 saturated carbocycles. The van der Waals surface area contributed by atoms with Crippen molar-refractivity contribution in [1.29, 1.82) is 0 Å². The average molecular weight is 437 g/mol. The van der Waals surface area contributed by atoms with Crippen LogP contribution in [0.1, 0.15) is 9.75 Å². The van der Waals surface area contributed by atoms with Gasteiger partial charge in [0.05, 0.1) is 21.2 Å². The van der Waals surface area contributed by atoms with Gasteiger partial charge in [0.2, 0.25) is 9.84 Å². The molecule has 0 amide bonds. The van der Waals surface area contributed by atoms with E-state index in [1.54, 1.807) is 83.6 Å². The normalized spacial score (nSPS) is 12.1. The van der Waals surface area contributed by atoms with Crippen LogP contribution in [0.5, 0.6) is 0 Å². The van der Waals surface area contributed by atoms with E-state index in [9.17, 15) is 8.42 Å². The Labute approximate surface area is 177 Å². The molecule has 0 fully saturated rings. The summed E-state index contributed by atoms with van der Waals surface area (Å²) in [5.74, 6) is 0. The molecule has 0 saturated heterocycles. The van der Waals surface area contributed by atoms with Crippen molar-refractivity contribution in [3.63, 3.8) is 0 Å². The van der Waals surface area contributed by atoms with Gasteiger partial charge in [-0.1, -0.05) is 12.1 Å². The van der Waals surface area contributed by atoms with Crippen LogP contribution in [-0.4, -0.2) is 20.8 Å². The van der Waals surface area contributed by atoms with E-state index in [1.165, 1.54) is 0 Å². The number of aliphatic imine (C=N–C) groups is 2. The Morgan fingerprint density at radius 2 is 1.03 bits per heavy atom. The van der Waals surface area contributed by atoms with E-state index in [0.29, 0.717) is 11.4 Å². The van der Waals surface area contributed by atoms with E-state index in [4.69, 9.17) is 0 Å². The number of benzene rings is 2. The summed E-state index contributed by atoms with van der Waals surface area (Å²) in [7, 11) is -3.59. The molecule has 0 unspecified atom stereocenters. The van der Waals surface area contributed by atoms with Crippen LogP contribution in [0.4, 0.5) is 11.4 Å². The van der Waals surface area contributed by atoms with E-state index < -0.39 is 9.84 Å². The lowest BCUT2D eigenvalue weighted by molar-refractivity contribution is 0.596. The third-order valence-corrected chi connectivity index (χ3v) is 7.46. The van der Waals surface area contributed by atoms with Crippen molar-refractivity contribution in [2.75, 3.05) is 0 Å². The zero-order valence-corrected chi connectivity index (χ0v) is 17.6. The topological polar surface area (TPSA) is 58.9 Å². The fourth-order valence-electron chi connectivity index (χ4n) is 2.56. The van der Waals surface area contributed by atoms with Gasteiger partial charge in [-0.3, -0.25) is 9.98 Å². The maximum atomic E-state index is 12.9. The molecular weight excluding hydrogens is 420 g/mol. The zero-order chi connectivity index (χ0) is 20.1. The van der Waals surface area contributed by atoms with Crippen molar-refractivity contribution in [1.82, 2.24) is 0 Å². The van der Waals surface area contributed by atoms with Gasteiger partial charge in [-0.15, -0.1) is 22.7 Å². The van der Waals surface area contributed by atoms with E-state index in [2.05, 4.69) is 9.98 Å². The summed E-state index contributed by atoms with van der Waals surface area (Å²) in [5, 5.41) is 3.96. The predicted molar refractivity (Wildman–Crippen MR) is 121 cm³/mol. The molecule has 4 aromatic rings. The van der Waals surface area contributed by atoms with Crippen molar-refractivity contribution in [2.45, 2.75) is 9.79 Å². The number of nitrogens with zero attached hydrogens (tertiary/aromatic N) is 2. The van der Waals surface area contributed by atoms with Gasteiger partial charge in [0.25, 0.3) is 0 Å². The van der Waals surface area contributed by atoms with Crippen molar-refractivity contribution < 1.29 is 8.42 Å². The number of rotatable bonds is 6. The summed E-state index contributed by atoms with van der Waals surface area (Å²) in [4.78, 5) is 11.3. The third kappa shape index (κ3) is 4.76. The van der Waals surface area contributed by atoms with Crippen molar-refractivity contribution >= 4 is 56.3 Å². The van der Waals surface area contributed by atoms with Crippen LogP contribution in [0, 0.1) is 0 Å². The smallest absolute Gasteiger partial charge is 0.206 e. The molecule has 0 aliphatic heterocycles. The molecule has 0 atom stereocenters. The van der Waals surface area contributed by atoms with Crippen LogP contribution in [0.15, 0.2) is 103 Å². The molecule has 4 rings (SSSR count). The molecule has 0 N–H and O–H groups in total. The van der Waals surface area contributed by atoms with Gasteiger partial charge < -0.3 is 0 Å². The Hall–Kier alpha value is -2.87. The molecule has 144 valence electrons. The molecule has 4 nitrogen and oxygen atoms in total. The largest absolute Gasteiger partial charge is 0.255 e. The minimum Gasteiger partial charge on any atom is -0.255 e. The van der Waals surface area contributed by atoms with Crippen LogP contribution < -0.4 is 0 Å². The van der Waals surface area contributed by atoms with Gasteiger partial charge in [0.15, 0.2) is 0 Å². The second kappa shape index (κ2) is 8.65. The van der Waals surface area contributed by atoms with Gasteiger partial charge in [0.1, 0.15) is 0 Å². The van der Waals surface area contributed by atoms with Crippen LogP contribution in [0.3, 0.4) is 0 Å². The van der Waals surface area contributed by atoms with Crippen LogP contribution in [0.25, 0.3) is 0 Å². The summed E-state index contributed by atoms with van der Waals surface area (Å²) in [6.45, 7) is 0. The predicted octanol–water partition coefficient (Wildman–Crippen LogP) is 6.14. The lowest BCUT2D eigenvalue weighted by atomic mass is 10.3. The second-order valence-electron chi connectivity index (χ2n) is 6.04. The van der Waals surface area contributed by atoms with Gasteiger partial charge in [0, 0.05) is 22.2 Å². The number of sulfone groups is 1. The summed E-state index contributed by atoms with van der Waals surface area (Å²) in [5.41, 5.74) is 1.41.